The summed E-state index contributed by atoms with van der Waals surface area (Å²) in [5.74, 6) is -2.98. The summed E-state index contributed by atoms with van der Waals surface area (Å²) in [4.78, 5) is 37.2. The van der Waals surface area contributed by atoms with Crippen LogP contribution in [0.3, 0.4) is 0 Å². The number of carbonyl (C=O) groups is 3. The molecule has 0 aliphatic carbocycles. The summed E-state index contributed by atoms with van der Waals surface area (Å²) in [5.41, 5.74) is 2.01. The molecule has 0 saturated carbocycles. The average molecular weight is 705 g/mol. The van der Waals surface area contributed by atoms with E-state index in [-0.39, 0.29) is 24.1 Å². The van der Waals surface area contributed by atoms with Crippen LogP contribution in [0.1, 0.15) is 86.7 Å². The molecule has 1 aromatic heterocycles. The number of nitrogens with zero attached hydrogens (tertiary/aromatic N) is 2. The van der Waals surface area contributed by atoms with E-state index in [1.54, 1.807) is 38.1 Å². The van der Waals surface area contributed by atoms with Crippen LogP contribution in [0.5, 0.6) is 5.75 Å². The Bertz CT molecular complexity index is 1800. The summed E-state index contributed by atoms with van der Waals surface area (Å²) in [6, 6.07) is 13.8. The Labute approximate surface area is 283 Å². The van der Waals surface area contributed by atoms with Gasteiger partial charge in [-0.1, -0.05) is 37.6 Å². The summed E-state index contributed by atoms with van der Waals surface area (Å²) in [5, 5.41) is 18.2. The fraction of sp³-hybridized carbons (Fsp3) is 0.314. The van der Waals surface area contributed by atoms with Gasteiger partial charge in [0.15, 0.2) is 0 Å². The van der Waals surface area contributed by atoms with Crippen molar-refractivity contribution < 1.29 is 50.6 Å². The van der Waals surface area contributed by atoms with Crippen LogP contribution in [-0.2, 0) is 11.0 Å². The van der Waals surface area contributed by atoms with Crippen molar-refractivity contribution in [2.75, 3.05) is 6.54 Å². The molecule has 2 unspecified atom stereocenters. The molecule has 0 bridgehead atoms. The molecule has 0 spiro atoms. The molecule has 9 nitrogen and oxygen atoms in total. The summed E-state index contributed by atoms with van der Waals surface area (Å²) in [6.45, 7) is 5.11. The second-order valence-electron chi connectivity index (χ2n) is 11.6. The molecule has 0 saturated heterocycles. The van der Waals surface area contributed by atoms with Crippen LogP contribution in [0.15, 0.2) is 73.1 Å². The Hall–Kier alpha value is -5.34. The number of hydrogen-bond donors (Lipinski definition) is 3. The molecule has 4 rings (SSSR count). The topological polar surface area (TPSA) is 123 Å². The van der Waals surface area contributed by atoms with Crippen LogP contribution in [-0.4, -0.2) is 45.6 Å². The van der Waals surface area contributed by atoms with Gasteiger partial charge in [-0.15, -0.1) is 13.2 Å². The number of ether oxygens (including phenoxy) is 1. The molecule has 0 aliphatic rings. The first-order valence-corrected chi connectivity index (χ1v) is 15.5. The third kappa shape index (κ3) is 9.64. The number of rotatable bonds is 13. The SMILES string of the molecule is CCCC(c1ccc(C(=O)NCCC(=O)O)cc1)C(NC(=O)c1cc(C)c(-n2cc(C(F)(F)F)cn2)c(C)c1)c1ccc(OC(F)(F)F)cc1. The lowest BCUT2D eigenvalue weighted by molar-refractivity contribution is -0.274. The van der Waals surface area contributed by atoms with Gasteiger partial charge in [-0.3, -0.25) is 14.4 Å². The van der Waals surface area contributed by atoms with Crippen molar-refractivity contribution in [3.63, 3.8) is 0 Å². The molecule has 266 valence electrons. The fourth-order valence-electron chi connectivity index (χ4n) is 5.66. The predicted octanol–water partition coefficient (Wildman–Crippen LogP) is 7.67. The summed E-state index contributed by atoms with van der Waals surface area (Å²) < 4.78 is 83.4. The minimum absolute atomic E-state index is 0.0625. The third-order valence-electron chi connectivity index (χ3n) is 7.88. The number of carboxylic acid groups (broad SMARTS) is 1. The molecule has 2 amide bonds. The molecule has 4 aromatic rings. The minimum Gasteiger partial charge on any atom is -0.481 e. The molecule has 15 heteroatoms. The van der Waals surface area contributed by atoms with E-state index in [2.05, 4.69) is 20.5 Å². The number of carboxylic acids is 1. The van der Waals surface area contributed by atoms with Gasteiger partial charge in [0.1, 0.15) is 5.75 Å². The number of alkyl halides is 6. The number of aromatic nitrogens is 2. The minimum atomic E-state index is -4.91. The van der Waals surface area contributed by atoms with Gasteiger partial charge in [0.2, 0.25) is 0 Å². The maximum Gasteiger partial charge on any atom is 0.573 e. The maximum absolute atomic E-state index is 13.9. The molecule has 0 radical (unpaired) electrons. The van der Waals surface area contributed by atoms with Crippen molar-refractivity contribution in [3.8, 4) is 11.4 Å². The summed E-state index contributed by atoms with van der Waals surface area (Å²) in [7, 11) is 0. The monoisotopic (exact) mass is 704 g/mol. The van der Waals surface area contributed by atoms with Crippen LogP contribution in [0.4, 0.5) is 26.3 Å². The van der Waals surface area contributed by atoms with E-state index in [9.17, 15) is 40.7 Å². The second-order valence-corrected chi connectivity index (χ2v) is 11.6. The average Bonchev–Trinajstić information content (AvgIpc) is 3.52. The number of aliphatic carboxylic acids is 1. The largest absolute Gasteiger partial charge is 0.573 e. The van der Waals surface area contributed by atoms with Crippen molar-refractivity contribution >= 4 is 17.8 Å². The zero-order valence-electron chi connectivity index (χ0n) is 27.2. The number of amides is 2. The third-order valence-corrected chi connectivity index (χ3v) is 7.88. The molecule has 3 N–H and O–H groups in total. The van der Waals surface area contributed by atoms with Crippen LogP contribution >= 0.6 is 0 Å². The lowest BCUT2D eigenvalue weighted by atomic mass is 9.83. The molecule has 0 fully saturated rings. The first-order valence-electron chi connectivity index (χ1n) is 15.5. The number of aryl methyl sites for hydroxylation is 2. The molecule has 0 aliphatic heterocycles. The Kier molecular flexibility index (Phi) is 11.6. The van der Waals surface area contributed by atoms with Gasteiger partial charge in [0.25, 0.3) is 11.8 Å². The van der Waals surface area contributed by atoms with Gasteiger partial charge in [0, 0.05) is 29.8 Å². The van der Waals surface area contributed by atoms with Crippen LogP contribution in [0, 0.1) is 13.8 Å². The van der Waals surface area contributed by atoms with Crippen molar-refractivity contribution in [3.05, 3.63) is 112 Å². The van der Waals surface area contributed by atoms with Crippen molar-refractivity contribution in [1.82, 2.24) is 20.4 Å². The van der Waals surface area contributed by atoms with E-state index >= 15 is 0 Å². The highest BCUT2D eigenvalue weighted by Gasteiger charge is 2.33. The molecular formula is C35H34F6N4O5. The quantitative estimate of drug-likeness (QED) is 0.123. The van der Waals surface area contributed by atoms with E-state index < -0.39 is 53.6 Å². The van der Waals surface area contributed by atoms with Crippen LogP contribution < -0.4 is 15.4 Å². The van der Waals surface area contributed by atoms with E-state index in [1.807, 2.05) is 6.92 Å². The van der Waals surface area contributed by atoms with Gasteiger partial charge in [0.05, 0.1) is 29.9 Å². The lowest BCUT2D eigenvalue weighted by Crippen LogP contribution is -2.33. The normalized spacial score (nSPS) is 13.0. The number of halogens is 6. The van der Waals surface area contributed by atoms with E-state index in [0.29, 0.717) is 47.0 Å². The fourth-order valence-corrected chi connectivity index (χ4v) is 5.66. The van der Waals surface area contributed by atoms with Crippen molar-refractivity contribution in [2.45, 2.75) is 64.5 Å². The Morgan fingerprint density at radius 2 is 1.48 bits per heavy atom. The van der Waals surface area contributed by atoms with E-state index in [4.69, 9.17) is 5.11 Å². The number of benzene rings is 3. The second kappa shape index (κ2) is 15.5. The summed E-state index contributed by atoms with van der Waals surface area (Å²) >= 11 is 0. The lowest BCUT2D eigenvalue weighted by Gasteiger charge is -2.29. The zero-order valence-corrected chi connectivity index (χ0v) is 27.2. The smallest absolute Gasteiger partial charge is 0.481 e. The van der Waals surface area contributed by atoms with E-state index in [1.165, 1.54) is 24.3 Å². The Morgan fingerprint density at radius 3 is 2.00 bits per heavy atom. The van der Waals surface area contributed by atoms with Crippen LogP contribution in [0.2, 0.25) is 0 Å². The molecule has 50 heavy (non-hydrogen) atoms. The van der Waals surface area contributed by atoms with Gasteiger partial charge in [-0.05, 0) is 78.9 Å². The highest BCUT2D eigenvalue weighted by atomic mass is 19.4. The molecule has 3 aromatic carbocycles. The first-order chi connectivity index (χ1) is 23.5. The van der Waals surface area contributed by atoms with Crippen molar-refractivity contribution in [1.29, 1.82) is 0 Å². The molecule has 2 atom stereocenters. The number of carbonyl (C=O) groups excluding carboxylic acids is 2. The highest BCUT2D eigenvalue weighted by Crippen LogP contribution is 2.37. The molecule has 1 heterocycles. The Balaban J connectivity index is 1.68. The number of nitrogens with one attached hydrogen (secondary N) is 2. The van der Waals surface area contributed by atoms with Gasteiger partial charge in [-0.25, -0.2) is 4.68 Å². The zero-order chi connectivity index (χ0) is 36.8. The standard InChI is InChI=1S/C35H34F6N4O5/c1-4-5-28(22-6-8-24(9-7-22)32(48)42-15-14-29(46)47)30(23-10-12-27(13-11-23)50-35(39,40)41)44-33(49)25-16-20(2)31(21(3)17-25)45-19-26(18-43-45)34(36,37)38/h6-13,16-19,28,30H,4-5,14-15H2,1-3H3,(H,42,48)(H,44,49)(H,46,47). The van der Waals surface area contributed by atoms with Gasteiger partial charge >= 0.3 is 18.5 Å². The molecular weight excluding hydrogens is 670 g/mol. The maximum atomic E-state index is 13.9. The predicted molar refractivity (Wildman–Crippen MR) is 170 cm³/mol. The summed E-state index contributed by atoms with van der Waals surface area (Å²) in [6.07, 6.45) is -7.03. The van der Waals surface area contributed by atoms with Crippen LogP contribution in [0.25, 0.3) is 5.69 Å². The van der Waals surface area contributed by atoms with E-state index in [0.717, 1.165) is 23.0 Å². The first kappa shape index (κ1) is 37.5. The van der Waals surface area contributed by atoms with Crippen molar-refractivity contribution in [2.24, 2.45) is 0 Å². The Morgan fingerprint density at radius 1 is 0.880 bits per heavy atom. The highest BCUT2D eigenvalue weighted by molar-refractivity contribution is 5.95. The number of hydrogen-bond acceptors (Lipinski definition) is 5. The van der Waals surface area contributed by atoms with Gasteiger partial charge in [-0.2, -0.15) is 18.3 Å². The van der Waals surface area contributed by atoms with Gasteiger partial charge < -0.3 is 20.5 Å².